The number of carbonyl (C=O) groups is 1. The molecular formula is C15H25N3O2. The zero-order chi connectivity index (χ0) is 15.0. The number of hydrogen-bond acceptors (Lipinski definition) is 4. The van der Waals surface area contributed by atoms with Crippen LogP contribution in [0.4, 0.5) is 11.4 Å². The van der Waals surface area contributed by atoms with Gasteiger partial charge in [0.25, 0.3) is 5.91 Å². The number of anilines is 2. The Morgan fingerprint density at radius 3 is 2.70 bits per heavy atom. The number of nitrogens with zero attached hydrogens (tertiary/aromatic N) is 1. The molecule has 0 aliphatic carbocycles. The van der Waals surface area contributed by atoms with Gasteiger partial charge < -0.3 is 20.7 Å². The topological polar surface area (TPSA) is 67.6 Å². The molecule has 1 amide bonds. The molecule has 0 heterocycles. The minimum Gasteiger partial charge on any atom is -0.397 e. The number of nitrogens with one attached hydrogen (secondary N) is 1. The van der Waals surface area contributed by atoms with E-state index in [0.717, 1.165) is 38.1 Å². The van der Waals surface area contributed by atoms with Crippen LogP contribution in [0.1, 0.15) is 29.6 Å². The SMILES string of the molecule is COCCCCCNc1cc(C(=O)N(C)C)ccc1N. The monoisotopic (exact) mass is 279 g/mol. The van der Waals surface area contributed by atoms with Crippen molar-refractivity contribution in [1.82, 2.24) is 4.90 Å². The Labute approximate surface area is 121 Å². The number of rotatable bonds is 8. The lowest BCUT2D eigenvalue weighted by Gasteiger charge is -2.14. The highest BCUT2D eigenvalue weighted by Crippen LogP contribution is 2.20. The van der Waals surface area contributed by atoms with E-state index in [2.05, 4.69) is 5.32 Å². The van der Waals surface area contributed by atoms with Crippen LogP contribution < -0.4 is 11.1 Å². The van der Waals surface area contributed by atoms with Crippen LogP contribution in [0.25, 0.3) is 0 Å². The summed E-state index contributed by atoms with van der Waals surface area (Å²) in [6, 6.07) is 5.33. The standard InChI is InChI=1S/C15H25N3O2/c1-18(2)15(19)12-7-8-13(16)14(11-12)17-9-5-4-6-10-20-3/h7-8,11,17H,4-6,9-10,16H2,1-3H3. The van der Waals surface area contributed by atoms with Crippen molar-refractivity contribution in [1.29, 1.82) is 0 Å². The molecular weight excluding hydrogens is 254 g/mol. The summed E-state index contributed by atoms with van der Waals surface area (Å²) in [6.07, 6.45) is 3.22. The Kier molecular flexibility index (Phi) is 6.87. The first kappa shape index (κ1) is 16.3. The van der Waals surface area contributed by atoms with Crippen LogP contribution in [0, 0.1) is 0 Å². The first-order valence-corrected chi connectivity index (χ1v) is 6.90. The van der Waals surface area contributed by atoms with Crippen molar-refractivity contribution in [2.45, 2.75) is 19.3 Å². The fraction of sp³-hybridized carbons (Fsp3) is 0.533. The van der Waals surface area contributed by atoms with E-state index in [1.54, 1.807) is 38.2 Å². The number of hydrogen-bond donors (Lipinski definition) is 2. The fourth-order valence-electron chi connectivity index (χ4n) is 1.87. The van der Waals surface area contributed by atoms with Crippen LogP contribution in [0.3, 0.4) is 0 Å². The zero-order valence-corrected chi connectivity index (χ0v) is 12.6. The number of nitrogen functional groups attached to an aromatic ring is 1. The third kappa shape index (κ3) is 5.09. The second-order valence-corrected chi connectivity index (χ2v) is 4.98. The van der Waals surface area contributed by atoms with Crippen molar-refractivity contribution >= 4 is 17.3 Å². The molecule has 0 unspecified atom stereocenters. The number of methoxy groups -OCH3 is 1. The molecule has 0 fully saturated rings. The zero-order valence-electron chi connectivity index (χ0n) is 12.6. The molecule has 1 rings (SSSR count). The van der Waals surface area contributed by atoms with Crippen molar-refractivity contribution in [3.63, 3.8) is 0 Å². The van der Waals surface area contributed by atoms with E-state index >= 15 is 0 Å². The lowest BCUT2D eigenvalue weighted by molar-refractivity contribution is 0.0827. The lowest BCUT2D eigenvalue weighted by atomic mass is 10.1. The molecule has 0 spiro atoms. The Hall–Kier alpha value is -1.75. The minimum atomic E-state index is -0.0202. The molecule has 0 saturated carbocycles. The highest BCUT2D eigenvalue weighted by molar-refractivity contribution is 5.95. The van der Waals surface area contributed by atoms with Crippen molar-refractivity contribution in [3.8, 4) is 0 Å². The number of unbranched alkanes of at least 4 members (excludes halogenated alkanes) is 2. The maximum Gasteiger partial charge on any atom is 0.253 e. The molecule has 0 aliphatic rings. The predicted octanol–water partition coefficient (Wildman–Crippen LogP) is 2.20. The Bertz CT molecular complexity index is 433. The largest absolute Gasteiger partial charge is 0.397 e. The van der Waals surface area contributed by atoms with Gasteiger partial charge in [0.05, 0.1) is 11.4 Å². The Balaban J connectivity index is 2.52. The molecule has 0 aromatic heterocycles. The van der Waals surface area contributed by atoms with Crippen LogP contribution >= 0.6 is 0 Å². The second kappa shape index (κ2) is 8.43. The van der Waals surface area contributed by atoms with Gasteiger partial charge in [-0.25, -0.2) is 0 Å². The number of ether oxygens (including phenoxy) is 1. The molecule has 112 valence electrons. The summed E-state index contributed by atoms with van der Waals surface area (Å²) in [6.45, 7) is 1.64. The normalized spacial score (nSPS) is 10.3. The van der Waals surface area contributed by atoms with Crippen molar-refractivity contribution in [2.24, 2.45) is 0 Å². The van der Waals surface area contributed by atoms with Crippen molar-refractivity contribution < 1.29 is 9.53 Å². The average Bonchev–Trinajstić information content (AvgIpc) is 2.43. The van der Waals surface area contributed by atoms with Gasteiger partial charge >= 0.3 is 0 Å². The smallest absolute Gasteiger partial charge is 0.253 e. The summed E-state index contributed by atoms with van der Waals surface area (Å²) < 4.78 is 5.01. The summed E-state index contributed by atoms with van der Waals surface area (Å²) in [5.74, 6) is -0.0202. The van der Waals surface area contributed by atoms with E-state index in [-0.39, 0.29) is 5.91 Å². The fourth-order valence-corrected chi connectivity index (χ4v) is 1.87. The molecule has 5 nitrogen and oxygen atoms in total. The summed E-state index contributed by atoms with van der Waals surface area (Å²) in [4.78, 5) is 13.5. The maximum atomic E-state index is 11.9. The maximum absolute atomic E-state index is 11.9. The number of carbonyl (C=O) groups excluding carboxylic acids is 1. The summed E-state index contributed by atoms with van der Waals surface area (Å²) in [5, 5.41) is 3.29. The Morgan fingerprint density at radius 2 is 2.05 bits per heavy atom. The van der Waals surface area contributed by atoms with Gasteiger partial charge in [0.15, 0.2) is 0 Å². The molecule has 0 bridgehead atoms. The van der Waals surface area contributed by atoms with E-state index < -0.39 is 0 Å². The number of amides is 1. The van der Waals surface area contributed by atoms with Crippen molar-refractivity contribution in [2.75, 3.05) is 45.4 Å². The van der Waals surface area contributed by atoms with Gasteiger partial charge in [-0.3, -0.25) is 4.79 Å². The summed E-state index contributed by atoms with van der Waals surface area (Å²) >= 11 is 0. The van der Waals surface area contributed by atoms with E-state index in [0.29, 0.717) is 11.3 Å². The first-order valence-electron chi connectivity index (χ1n) is 6.90. The molecule has 1 aromatic rings. The predicted molar refractivity (Wildman–Crippen MR) is 83.1 cm³/mol. The third-order valence-electron chi connectivity index (χ3n) is 3.05. The van der Waals surface area contributed by atoms with Crippen molar-refractivity contribution in [3.05, 3.63) is 23.8 Å². The van der Waals surface area contributed by atoms with Gasteiger partial charge in [-0.2, -0.15) is 0 Å². The third-order valence-corrected chi connectivity index (χ3v) is 3.05. The number of benzene rings is 1. The molecule has 3 N–H and O–H groups in total. The van der Waals surface area contributed by atoms with Gasteiger partial charge in [0.1, 0.15) is 0 Å². The van der Waals surface area contributed by atoms with Crippen LogP contribution in [0.2, 0.25) is 0 Å². The van der Waals surface area contributed by atoms with Gasteiger partial charge in [0.2, 0.25) is 0 Å². The Morgan fingerprint density at radius 1 is 1.30 bits per heavy atom. The van der Waals surface area contributed by atoms with E-state index in [1.165, 1.54) is 0 Å². The van der Waals surface area contributed by atoms with E-state index in [4.69, 9.17) is 10.5 Å². The molecule has 0 atom stereocenters. The first-order chi connectivity index (χ1) is 9.56. The number of nitrogens with two attached hydrogens (primary N) is 1. The van der Waals surface area contributed by atoms with Gasteiger partial charge in [-0.05, 0) is 37.5 Å². The molecule has 20 heavy (non-hydrogen) atoms. The lowest BCUT2D eigenvalue weighted by Crippen LogP contribution is -2.21. The van der Waals surface area contributed by atoms with Crippen LogP contribution in [0.15, 0.2) is 18.2 Å². The van der Waals surface area contributed by atoms with E-state index in [9.17, 15) is 4.79 Å². The van der Waals surface area contributed by atoms with Crippen LogP contribution in [-0.2, 0) is 4.74 Å². The quantitative estimate of drug-likeness (QED) is 0.565. The minimum absolute atomic E-state index is 0.0202. The van der Waals surface area contributed by atoms with Crippen LogP contribution in [0.5, 0.6) is 0 Å². The van der Waals surface area contributed by atoms with Gasteiger partial charge in [-0.1, -0.05) is 0 Å². The molecule has 0 radical (unpaired) electrons. The molecule has 0 saturated heterocycles. The van der Waals surface area contributed by atoms with Crippen LogP contribution in [-0.4, -0.2) is 45.2 Å². The highest BCUT2D eigenvalue weighted by atomic mass is 16.5. The average molecular weight is 279 g/mol. The molecule has 0 aliphatic heterocycles. The molecule has 5 heteroatoms. The second-order valence-electron chi connectivity index (χ2n) is 4.98. The highest BCUT2D eigenvalue weighted by Gasteiger charge is 2.09. The molecule has 1 aromatic carbocycles. The van der Waals surface area contributed by atoms with Gasteiger partial charge in [-0.15, -0.1) is 0 Å². The summed E-state index contributed by atoms with van der Waals surface area (Å²) in [5.41, 5.74) is 8.05. The van der Waals surface area contributed by atoms with Gasteiger partial charge in [0, 0.05) is 39.9 Å². The van der Waals surface area contributed by atoms with E-state index in [1.807, 2.05) is 6.07 Å². The summed E-state index contributed by atoms with van der Waals surface area (Å²) in [7, 11) is 5.19.